The van der Waals surface area contributed by atoms with Crippen LogP contribution < -0.4 is 4.72 Å². The Morgan fingerprint density at radius 3 is 2.60 bits per heavy atom. The lowest BCUT2D eigenvalue weighted by Crippen LogP contribution is -2.40. The Morgan fingerprint density at radius 2 is 2.10 bits per heavy atom. The summed E-state index contributed by atoms with van der Waals surface area (Å²) in [5.74, 6) is -2.48. The summed E-state index contributed by atoms with van der Waals surface area (Å²) in [6, 6.07) is 0.580. The van der Waals surface area contributed by atoms with Gasteiger partial charge in [-0.3, -0.25) is 4.79 Å². The molecule has 0 saturated heterocycles. The van der Waals surface area contributed by atoms with Crippen LogP contribution in [0, 0.1) is 5.82 Å². The van der Waals surface area contributed by atoms with E-state index < -0.39 is 37.8 Å². The van der Waals surface area contributed by atoms with E-state index in [4.69, 9.17) is 28.3 Å². The Hall–Kier alpha value is -1.15. The summed E-state index contributed by atoms with van der Waals surface area (Å²) in [7, 11) is -4.31. The summed E-state index contributed by atoms with van der Waals surface area (Å²) in [5.41, 5.74) is 0. The van der Waals surface area contributed by atoms with Gasteiger partial charge in [0.25, 0.3) is 0 Å². The highest BCUT2D eigenvalue weighted by molar-refractivity contribution is 7.89. The molecule has 0 aromatic heterocycles. The summed E-state index contributed by atoms with van der Waals surface area (Å²) in [4.78, 5) is 10.3. The minimum Gasteiger partial charge on any atom is -0.480 e. The minimum atomic E-state index is -4.31. The molecule has 5 nitrogen and oxygen atoms in total. The van der Waals surface area contributed by atoms with Gasteiger partial charge in [0.15, 0.2) is 5.82 Å². The number of benzene rings is 1. The molecule has 1 unspecified atom stereocenters. The standard InChI is InChI=1S/C11H10Cl2FNO4S/c1-2-3-7(11(16)17)15-20(18,19)8-5-4-6(12)10(14)9(8)13/h2,4-5,7,15H,1,3H2,(H,16,17). The number of hydrogen-bond donors (Lipinski definition) is 2. The molecule has 20 heavy (non-hydrogen) atoms. The largest absolute Gasteiger partial charge is 0.480 e. The molecule has 0 radical (unpaired) electrons. The van der Waals surface area contributed by atoms with Crippen molar-refractivity contribution >= 4 is 39.2 Å². The molecule has 9 heteroatoms. The molecular formula is C11H10Cl2FNO4S. The van der Waals surface area contributed by atoms with E-state index in [1.54, 1.807) is 0 Å². The lowest BCUT2D eigenvalue weighted by atomic mass is 10.2. The van der Waals surface area contributed by atoms with Crippen molar-refractivity contribution in [3.05, 3.63) is 40.7 Å². The number of carbonyl (C=O) groups is 1. The first-order chi connectivity index (χ1) is 9.20. The first-order valence-electron chi connectivity index (χ1n) is 5.20. The Kier molecular flexibility index (Phi) is 5.52. The van der Waals surface area contributed by atoms with Gasteiger partial charge in [0.05, 0.1) is 10.0 Å². The van der Waals surface area contributed by atoms with Crippen molar-refractivity contribution in [1.29, 1.82) is 0 Å². The van der Waals surface area contributed by atoms with Crippen molar-refractivity contribution in [3.63, 3.8) is 0 Å². The van der Waals surface area contributed by atoms with Crippen LogP contribution >= 0.6 is 23.2 Å². The third kappa shape index (κ3) is 3.69. The average molecular weight is 342 g/mol. The van der Waals surface area contributed by atoms with Crippen LogP contribution in [0.4, 0.5) is 4.39 Å². The molecule has 1 atom stereocenters. The molecule has 0 aliphatic carbocycles. The molecule has 0 spiro atoms. The van der Waals surface area contributed by atoms with Gasteiger partial charge in [-0.25, -0.2) is 12.8 Å². The zero-order valence-corrected chi connectivity index (χ0v) is 12.3. The molecule has 0 aliphatic rings. The van der Waals surface area contributed by atoms with Crippen molar-refractivity contribution < 1.29 is 22.7 Å². The predicted octanol–water partition coefficient (Wildman–Crippen LogP) is 2.44. The fraction of sp³-hybridized carbons (Fsp3) is 0.182. The Balaban J connectivity index is 3.20. The van der Waals surface area contributed by atoms with Gasteiger partial charge in [0.2, 0.25) is 10.0 Å². The van der Waals surface area contributed by atoms with E-state index in [0.717, 1.165) is 12.1 Å². The molecule has 1 aromatic rings. The van der Waals surface area contributed by atoms with Gasteiger partial charge >= 0.3 is 5.97 Å². The lowest BCUT2D eigenvalue weighted by Gasteiger charge is -2.14. The van der Waals surface area contributed by atoms with Crippen molar-refractivity contribution in [2.75, 3.05) is 0 Å². The van der Waals surface area contributed by atoms with Gasteiger partial charge in [0, 0.05) is 0 Å². The smallest absolute Gasteiger partial charge is 0.322 e. The van der Waals surface area contributed by atoms with Crippen LogP contribution in [0.3, 0.4) is 0 Å². The maximum Gasteiger partial charge on any atom is 0.322 e. The molecule has 0 aliphatic heterocycles. The van der Waals surface area contributed by atoms with Crippen LogP contribution in [0.2, 0.25) is 10.0 Å². The third-order valence-corrected chi connectivity index (χ3v) is 4.57. The lowest BCUT2D eigenvalue weighted by molar-refractivity contribution is -0.138. The molecule has 0 amide bonds. The molecule has 0 saturated carbocycles. The second-order valence-electron chi connectivity index (χ2n) is 3.71. The summed E-state index contributed by atoms with van der Waals surface area (Å²) in [5, 5.41) is 7.84. The number of nitrogens with one attached hydrogen (secondary N) is 1. The minimum absolute atomic E-state index is 0.137. The number of halogens is 3. The van der Waals surface area contributed by atoms with Gasteiger partial charge in [-0.2, -0.15) is 4.72 Å². The number of rotatable bonds is 6. The summed E-state index contributed by atoms with van der Waals surface area (Å²) >= 11 is 11.0. The monoisotopic (exact) mass is 341 g/mol. The molecule has 110 valence electrons. The fourth-order valence-corrected chi connectivity index (χ4v) is 3.28. The Labute approximate surface area is 125 Å². The second-order valence-corrected chi connectivity index (χ2v) is 6.18. The molecular weight excluding hydrogens is 332 g/mol. The summed E-state index contributed by atoms with van der Waals surface area (Å²) in [6.45, 7) is 3.33. The molecule has 0 bridgehead atoms. The number of aliphatic carboxylic acids is 1. The Bertz CT molecular complexity index is 648. The normalized spacial score (nSPS) is 12.9. The van der Waals surface area contributed by atoms with Crippen LogP contribution in [0.15, 0.2) is 29.7 Å². The number of carboxylic acid groups (broad SMARTS) is 1. The van der Waals surface area contributed by atoms with Crippen molar-refractivity contribution in [2.24, 2.45) is 0 Å². The predicted molar refractivity (Wildman–Crippen MR) is 73.0 cm³/mol. The zero-order valence-electron chi connectivity index (χ0n) is 9.94. The van der Waals surface area contributed by atoms with Gasteiger partial charge in [-0.05, 0) is 18.6 Å². The first kappa shape index (κ1) is 16.9. The molecule has 0 heterocycles. The van der Waals surface area contributed by atoms with Crippen LogP contribution in [0.5, 0.6) is 0 Å². The van der Waals surface area contributed by atoms with Gasteiger partial charge in [-0.15, -0.1) is 6.58 Å². The number of carboxylic acids is 1. The average Bonchev–Trinajstić information content (AvgIpc) is 2.34. The maximum absolute atomic E-state index is 13.5. The summed E-state index contributed by atoms with van der Waals surface area (Å²) in [6.07, 6.45) is 1.10. The Morgan fingerprint density at radius 1 is 1.50 bits per heavy atom. The van der Waals surface area contributed by atoms with E-state index in [0.29, 0.717) is 0 Å². The van der Waals surface area contributed by atoms with Crippen LogP contribution in [-0.2, 0) is 14.8 Å². The van der Waals surface area contributed by atoms with E-state index in [1.807, 2.05) is 4.72 Å². The van der Waals surface area contributed by atoms with Gasteiger partial charge in [-0.1, -0.05) is 29.3 Å². The maximum atomic E-state index is 13.5. The highest BCUT2D eigenvalue weighted by Crippen LogP contribution is 2.29. The molecule has 1 rings (SSSR count). The van der Waals surface area contributed by atoms with E-state index >= 15 is 0 Å². The van der Waals surface area contributed by atoms with E-state index in [9.17, 15) is 17.6 Å². The SMILES string of the molecule is C=CCC(NS(=O)(=O)c1ccc(Cl)c(F)c1Cl)C(=O)O. The third-order valence-electron chi connectivity index (χ3n) is 2.29. The van der Waals surface area contributed by atoms with Crippen molar-refractivity contribution in [2.45, 2.75) is 17.4 Å². The van der Waals surface area contributed by atoms with E-state index in [1.165, 1.54) is 6.08 Å². The van der Waals surface area contributed by atoms with Gasteiger partial charge < -0.3 is 5.11 Å². The molecule has 1 aromatic carbocycles. The second kappa shape index (κ2) is 6.53. The van der Waals surface area contributed by atoms with Crippen LogP contribution in [0.25, 0.3) is 0 Å². The topological polar surface area (TPSA) is 83.5 Å². The summed E-state index contributed by atoms with van der Waals surface area (Å²) < 4.78 is 39.4. The first-order valence-corrected chi connectivity index (χ1v) is 7.44. The van der Waals surface area contributed by atoms with Crippen molar-refractivity contribution in [1.82, 2.24) is 4.72 Å². The molecule has 0 fully saturated rings. The number of hydrogen-bond acceptors (Lipinski definition) is 3. The van der Waals surface area contributed by atoms with E-state index in [-0.39, 0.29) is 11.4 Å². The van der Waals surface area contributed by atoms with Crippen LogP contribution in [0.1, 0.15) is 6.42 Å². The molecule has 2 N–H and O–H groups in total. The highest BCUT2D eigenvalue weighted by atomic mass is 35.5. The zero-order chi connectivity index (χ0) is 15.5. The van der Waals surface area contributed by atoms with Gasteiger partial charge in [0.1, 0.15) is 10.9 Å². The highest BCUT2D eigenvalue weighted by Gasteiger charge is 2.27. The number of sulfonamides is 1. The van der Waals surface area contributed by atoms with E-state index in [2.05, 4.69) is 6.58 Å². The van der Waals surface area contributed by atoms with Crippen molar-refractivity contribution in [3.8, 4) is 0 Å². The quantitative estimate of drug-likeness (QED) is 0.614. The van der Waals surface area contributed by atoms with Crippen LogP contribution in [-0.4, -0.2) is 25.5 Å². The fourth-order valence-electron chi connectivity index (χ4n) is 1.33.